The molecular weight excluding hydrogens is 186 g/mol. The van der Waals surface area contributed by atoms with Gasteiger partial charge in [-0.05, 0) is 46.3 Å². The molecule has 0 spiro atoms. The van der Waals surface area contributed by atoms with Crippen LogP contribution in [-0.2, 0) is 0 Å². The summed E-state index contributed by atoms with van der Waals surface area (Å²) in [6.07, 6.45) is 5.62. The lowest BCUT2D eigenvalue weighted by Gasteiger charge is -2.19. The maximum Gasteiger partial charge on any atom is 0.101 e. The molecule has 0 rings (SSSR count). The van der Waals surface area contributed by atoms with Crippen molar-refractivity contribution < 1.29 is 0 Å². The molecule has 15 heavy (non-hydrogen) atoms. The molecule has 1 atom stereocenters. The van der Waals surface area contributed by atoms with Gasteiger partial charge in [0.15, 0.2) is 0 Å². The lowest BCUT2D eigenvalue weighted by Crippen LogP contribution is -2.35. The molecule has 0 fully saturated rings. The van der Waals surface area contributed by atoms with Gasteiger partial charge < -0.3 is 10.6 Å². The molecule has 0 aromatic rings. The number of rotatable bonds is 8. The van der Waals surface area contributed by atoms with Gasteiger partial charge in [-0.3, -0.25) is 0 Å². The number of unbranched alkanes of at least 4 members (excludes halogenated alkanes) is 2. The van der Waals surface area contributed by atoms with E-state index in [0.29, 0.717) is 0 Å². The first-order valence-electron chi connectivity index (χ1n) is 5.90. The van der Waals surface area contributed by atoms with Crippen molar-refractivity contribution in [1.82, 2.24) is 4.90 Å². The molecule has 0 aromatic carbocycles. The van der Waals surface area contributed by atoms with E-state index < -0.39 is 5.54 Å². The van der Waals surface area contributed by atoms with Crippen LogP contribution in [0.15, 0.2) is 0 Å². The van der Waals surface area contributed by atoms with Crippen LogP contribution in [0.3, 0.4) is 0 Å². The normalized spacial score (nSPS) is 14.9. The van der Waals surface area contributed by atoms with Gasteiger partial charge in [0.25, 0.3) is 0 Å². The van der Waals surface area contributed by atoms with Gasteiger partial charge in [0.05, 0.1) is 6.07 Å². The standard InChI is InChI=1S/C12H25N3/c1-4-5-6-9-15(3)10-7-8-12(2,14)11-13/h4-10,14H2,1-3H3. The van der Waals surface area contributed by atoms with Crippen LogP contribution >= 0.6 is 0 Å². The second-order valence-corrected chi connectivity index (χ2v) is 4.64. The Bertz CT molecular complexity index is 194. The molecule has 88 valence electrons. The number of hydrogen-bond donors (Lipinski definition) is 1. The number of nitrogens with two attached hydrogens (primary N) is 1. The summed E-state index contributed by atoms with van der Waals surface area (Å²) < 4.78 is 0. The van der Waals surface area contributed by atoms with Gasteiger partial charge in [-0.2, -0.15) is 5.26 Å². The fraction of sp³-hybridized carbons (Fsp3) is 0.917. The van der Waals surface area contributed by atoms with Crippen LogP contribution in [-0.4, -0.2) is 30.6 Å². The highest BCUT2D eigenvalue weighted by Gasteiger charge is 2.16. The lowest BCUT2D eigenvalue weighted by atomic mass is 9.99. The van der Waals surface area contributed by atoms with Gasteiger partial charge in [-0.25, -0.2) is 0 Å². The fourth-order valence-corrected chi connectivity index (χ4v) is 1.52. The molecule has 2 N–H and O–H groups in total. The Morgan fingerprint density at radius 3 is 2.40 bits per heavy atom. The Labute approximate surface area is 94.2 Å². The van der Waals surface area contributed by atoms with Crippen LogP contribution in [0.2, 0.25) is 0 Å². The Morgan fingerprint density at radius 2 is 1.87 bits per heavy atom. The topological polar surface area (TPSA) is 53.0 Å². The van der Waals surface area contributed by atoms with E-state index in [1.165, 1.54) is 19.3 Å². The summed E-state index contributed by atoms with van der Waals surface area (Å²) in [5.74, 6) is 0. The van der Waals surface area contributed by atoms with E-state index in [-0.39, 0.29) is 0 Å². The van der Waals surface area contributed by atoms with Crippen molar-refractivity contribution in [2.24, 2.45) is 5.73 Å². The van der Waals surface area contributed by atoms with Gasteiger partial charge in [0, 0.05) is 0 Å². The summed E-state index contributed by atoms with van der Waals surface area (Å²) in [6.45, 7) is 6.21. The van der Waals surface area contributed by atoms with E-state index in [0.717, 1.165) is 25.9 Å². The maximum absolute atomic E-state index is 8.74. The van der Waals surface area contributed by atoms with Gasteiger partial charge in [0.1, 0.15) is 5.54 Å². The third-order valence-corrected chi connectivity index (χ3v) is 2.63. The van der Waals surface area contributed by atoms with Crippen molar-refractivity contribution >= 4 is 0 Å². The van der Waals surface area contributed by atoms with Crippen LogP contribution in [0.4, 0.5) is 0 Å². The summed E-state index contributed by atoms with van der Waals surface area (Å²) in [6, 6.07) is 2.13. The van der Waals surface area contributed by atoms with Crippen molar-refractivity contribution in [2.75, 3.05) is 20.1 Å². The Hall–Kier alpha value is -0.590. The first-order chi connectivity index (χ1) is 7.02. The second kappa shape index (κ2) is 7.67. The highest BCUT2D eigenvalue weighted by atomic mass is 15.1. The van der Waals surface area contributed by atoms with E-state index in [4.69, 9.17) is 11.0 Å². The number of nitriles is 1. The molecule has 1 unspecified atom stereocenters. The third-order valence-electron chi connectivity index (χ3n) is 2.63. The molecule has 0 saturated carbocycles. The van der Waals surface area contributed by atoms with Crippen molar-refractivity contribution in [3.05, 3.63) is 0 Å². The largest absolute Gasteiger partial charge is 0.314 e. The van der Waals surface area contributed by atoms with Crippen LogP contribution in [0.25, 0.3) is 0 Å². The van der Waals surface area contributed by atoms with Crippen molar-refractivity contribution in [3.63, 3.8) is 0 Å². The highest BCUT2D eigenvalue weighted by molar-refractivity contribution is 5.00. The lowest BCUT2D eigenvalue weighted by molar-refractivity contribution is 0.309. The molecule has 0 amide bonds. The van der Waals surface area contributed by atoms with Crippen LogP contribution in [0.1, 0.15) is 46.0 Å². The maximum atomic E-state index is 8.74. The Balaban J connectivity index is 3.47. The number of nitrogens with zero attached hydrogens (tertiary/aromatic N) is 2. The predicted molar refractivity (Wildman–Crippen MR) is 64.5 cm³/mol. The summed E-state index contributed by atoms with van der Waals surface area (Å²) in [5, 5.41) is 8.74. The molecule has 0 heterocycles. The SMILES string of the molecule is CCCCCN(C)CCCC(C)(N)C#N. The van der Waals surface area contributed by atoms with Crippen LogP contribution < -0.4 is 5.73 Å². The third kappa shape index (κ3) is 8.41. The van der Waals surface area contributed by atoms with Gasteiger partial charge in [0.2, 0.25) is 0 Å². The van der Waals surface area contributed by atoms with Crippen molar-refractivity contribution in [2.45, 2.75) is 51.5 Å². The van der Waals surface area contributed by atoms with Crippen LogP contribution in [0, 0.1) is 11.3 Å². The van der Waals surface area contributed by atoms with E-state index in [1.54, 1.807) is 6.92 Å². The molecule has 0 aliphatic carbocycles. The monoisotopic (exact) mass is 211 g/mol. The molecule has 0 radical (unpaired) electrons. The average molecular weight is 211 g/mol. The number of hydrogen-bond acceptors (Lipinski definition) is 3. The zero-order chi connectivity index (χ0) is 11.7. The van der Waals surface area contributed by atoms with E-state index in [1.807, 2.05) is 0 Å². The molecule has 0 aliphatic rings. The highest BCUT2D eigenvalue weighted by Crippen LogP contribution is 2.07. The molecule has 0 aliphatic heterocycles. The van der Waals surface area contributed by atoms with E-state index >= 15 is 0 Å². The smallest absolute Gasteiger partial charge is 0.101 e. The first kappa shape index (κ1) is 14.4. The van der Waals surface area contributed by atoms with Crippen molar-refractivity contribution in [3.8, 4) is 6.07 Å². The van der Waals surface area contributed by atoms with E-state index in [2.05, 4.69) is 24.9 Å². The van der Waals surface area contributed by atoms with Gasteiger partial charge in [-0.15, -0.1) is 0 Å². The molecule has 3 heteroatoms. The van der Waals surface area contributed by atoms with Crippen molar-refractivity contribution in [1.29, 1.82) is 5.26 Å². The minimum absolute atomic E-state index is 0.649. The Kier molecular flexibility index (Phi) is 7.37. The molecular formula is C12H25N3. The van der Waals surface area contributed by atoms with Gasteiger partial charge in [-0.1, -0.05) is 19.8 Å². The quantitative estimate of drug-likeness (QED) is 0.626. The predicted octanol–water partition coefficient (Wildman–Crippen LogP) is 2.13. The van der Waals surface area contributed by atoms with Crippen LogP contribution in [0.5, 0.6) is 0 Å². The molecule has 0 aromatic heterocycles. The summed E-state index contributed by atoms with van der Waals surface area (Å²) in [5.41, 5.74) is 5.10. The summed E-state index contributed by atoms with van der Waals surface area (Å²) in [7, 11) is 2.13. The summed E-state index contributed by atoms with van der Waals surface area (Å²) in [4.78, 5) is 2.32. The first-order valence-corrected chi connectivity index (χ1v) is 5.90. The average Bonchev–Trinajstić information content (AvgIpc) is 2.18. The Morgan fingerprint density at radius 1 is 1.27 bits per heavy atom. The minimum atomic E-state index is -0.649. The zero-order valence-electron chi connectivity index (χ0n) is 10.4. The molecule has 0 bridgehead atoms. The minimum Gasteiger partial charge on any atom is -0.314 e. The van der Waals surface area contributed by atoms with Gasteiger partial charge >= 0.3 is 0 Å². The van der Waals surface area contributed by atoms with E-state index in [9.17, 15) is 0 Å². The molecule has 3 nitrogen and oxygen atoms in total. The zero-order valence-corrected chi connectivity index (χ0v) is 10.4. The summed E-state index contributed by atoms with van der Waals surface area (Å²) >= 11 is 0. The second-order valence-electron chi connectivity index (χ2n) is 4.64. The fourth-order valence-electron chi connectivity index (χ4n) is 1.52. The molecule has 0 saturated heterocycles.